The van der Waals surface area contributed by atoms with Crippen LogP contribution in [0, 0.1) is 0 Å². The number of carboxylic acid groups (broad SMARTS) is 1. The third-order valence-corrected chi connectivity index (χ3v) is 8.37. The van der Waals surface area contributed by atoms with Crippen LogP contribution in [0.15, 0.2) is 33.9 Å². The van der Waals surface area contributed by atoms with Gasteiger partial charge in [0.1, 0.15) is 29.7 Å². The zero-order valence-corrected chi connectivity index (χ0v) is 20.1. The van der Waals surface area contributed by atoms with Crippen LogP contribution in [0.5, 0.6) is 0 Å². The third-order valence-electron chi connectivity index (χ3n) is 5.16. The molecule has 1 saturated heterocycles. The van der Waals surface area contributed by atoms with Crippen LogP contribution in [-0.4, -0.2) is 91.5 Å². The molecule has 2 aliphatic rings. The Bertz CT molecular complexity index is 1280. The number of aliphatic carboxylic acids is 1. The average Bonchev–Trinajstić information content (AvgIpc) is 3.63. The number of aromatic amines is 1. The molecule has 0 aromatic carbocycles. The van der Waals surface area contributed by atoms with Gasteiger partial charge >= 0.3 is 5.97 Å². The molecule has 18 heteroatoms. The van der Waals surface area contributed by atoms with Crippen LogP contribution in [-0.2, 0) is 20.9 Å². The number of hydrogen-bond donors (Lipinski definition) is 4. The summed E-state index contributed by atoms with van der Waals surface area (Å²) < 4.78 is 0. The fourth-order valence-corrected chi connectivity index (χ4v) is 6.50. The minimum Gasteiger partial charge on any atom is -0.477 e. The number of nitrogens with one attached hydrogen (secondary N) is 2. The molecule has 0 radical (unpaired) electrons. The second-order valence-corrected chi connectivity index (χ2v) is 10.4. The van der Waals surface area contributed by atoms with E-state index in [1.807, 2.05) is 5.38 Å². The molecule has 5 N–H and O–H groups in total. The number of thiophene rings is 1. The van der Waals surface area contributed by atoms with Gasteiger partial charge in [0.2, 0.25) is 11.1 Å². The van der Waals surface area contributed by atoms with Gasteiger partial charge in [-0.3, -0.25) is 14.5 Å². The Hall–Kier alpha value is -3.35. The molecule has 0 spiro atoms. The first-order chi connectivity index (χ1) is 16.9. The normalized spacial score (nSPS) is 20.4. The van der Waals surface area contributed by atoms with E-state index in [-0.39, 0.29) is 18.0 Å². The summed E-state index contributed by atoms with van der Waals surface area (Å²) in [6.07, 6.45) is 0. The Labute approximate surface area is 208 Å². The topological polar surface area (TPSA) is 211 Å². The van der Waals surface area contributed by atoms with Crippen LogP contribution < -0.4 is 11.1 Å². The number of fused-ring (bicyclic) bond motifs is 1. The van der Waals surface area contributed by atoms with Crippen molar-refractivity contribution >= 4 is 52.6 Å². The molecule has 0 bridgehead atoms. The average molecular weight is 536 g/mol. The van der Waals surface area contributed by atoms with Crippen molar-refractivity contribution in [3.63, 3.8) is 0 Å². The lowest BCUT2D eigenvalue weighted by molar-refractivity contribution is -0.150. The number of tetrazole rings is 2. The van der Waals surface area contributed by atoms with E-state index in [9.17, 15) is 19.5 Å². The molecule has 2 aliphatic heterocycles. The number of β-lactam (4-membered cyclic amide) rings is 1. The summed E-state index contributed by atoms with van der Waals surface area (Å²) in [5.74, 6) is -1.18. The van der Waals surface area contributed by atoms with E-state index in [4.69, 9.17) is 5.73 Å². The number of nitrogens with two attached hydrogens (primary N) is 1. The van der Waals surface area contributed by atoms with Gasteiger partial charge in [-0.1, -0.05) is 23.0 Å². The highest BCUT2D eigenvalue weighted by Gasteiger charge is 2.54. The molecular weight excluding hydrogens is 518 g/mol. The van der Waals surface area contributed by atoms with E-state index in [0.29, 0.717) is 27.2 Å². The smallest absolute Gasteiger partial charge is 0.352 e. The van der Waals surface area contributed by atoms with E-state index >= 15 is 0 Å². The molecule has 15 nitrogen and oxygen atoms in total. The molecule has 0 aliphatic carbocycles. The lowest BCUT2D eigenvalue weighted by atomic mass is 10.0. The summed E-state index contributed by atoms with van der Waals surface area (Å²) in [6, 6.07) is 1.79. The van der Waals surface area contributed by atoms with Crippen molar-refractivity contribution in [3.8, 4) is 0 Å². The Morgan fingerprint density at radius 2 is 2.26 bits per heavy atom. The van der Waals surface area contributed by atoms with Crippen LogP contribution in [0.2, 0.25) is 0 Å². The molecule has 1 unspecified atom stereocenters. The highest BCUT2D eigenvalue weighted by molar-refractivity contribution is 8.01. The number of carbonyl (C=O) groups is 3. The SMILES string of the molecule is NC(C(=O)N[C@@H]1C(=O)N2C(C(=O)O)=C(CSc3nnn(Cc4nn[nH]n4)n3)CS[C@@H]12)c1cccs1. The van der Waals surface area contributed by atoms with Gasteiger partial charge in [0.15, 0.2) is 5.82 Å². The Morgan fingerprint density at radius 1 is 1.40 bits per heavy atom. The van der Waals surface area contributed by atoms with Crippen LogP contribution in [0.1, 0.15) is 16.7 Å². The molecular formula is C17H17N11O4S3. The number of nitrogens with zero attached hydrogens (tertiary/aromatic N) is 8. The van der Waals surface area contributed by atoms with E-state index in [0.717, 1.165) is 0 Å². The fourth-order valence-electron chi connectivity index (χ4n) is 3.52. The Morgan fingerprint density at radius 3 is 2.97 bits per heavy atom. The van der Waals surface area contributed by atoms with Crippen molar-refractivity contribution < 1.29 is 19.5 Å². The van der Waals surface area contributed by atoms with Gasteiger partial charge in [0.25, 0.3) is 5.91 Å². The number of carbonyl (C=O) groups excluding carboxylic acids is 2. The molecule has 5 heterocycles. The predicted octanol–water partition coefficient (Wildman–Crippen LogP) is -1.17. The molecule has 3 aromatic heterocycles. The summed E-state index contributed by atoms with van der Waals surface area (Å²) in [7, 11) is 0. The molecule has 3 atom stereocenters. The van der Waals surface area contributed by atoms with Gasteiger partial charge in [-0.2, -0.15) is 10.0 Å². The highest BCUT2D eigenvalue weighted by atomic mass is 32.2. The van der Waals surface area contributed by atoms with Crippen molar-refractivity contribution in [1.29, 1.82) is 0 Å². The molecule has 0 saturated carbocycles. The molecule has 1 fully saturated rings. The minimum atomic E-state index is -1.21. The predicted molar refractivity (Wildman–Crippen MR) is 123 cm³/mol. The van der Waals surface area contributed by atoms with Gasteiger partial charge in [-0.15, -0.1) is 43.5 Å². The first-order valence-electron chi connectivity index (χ1n) is 10.0. The fraction of sp³-hybridized carbons (Fsp3) is 0.353. The van der Waals surface area contributed by atoms with E-state index in [2.05, 4.69) is 41.4 Å². The Kier molecular flexibility index (Phi) is 6.50. The van der Waals surface area contributed by atoms with Gasteiger partial charge in [0, 0.05) is 16.4 Å². The summed E-state index contributed by atoms with van der Waals surface area (Å²) in [4.78, 5) is 40.6. The number of aromatic nitrogens is 8. The van der Waals surface area contributed by atoms with Crippen LogP contribution in [0.25, 0.3) is 0 Å². The van der Waals surface area contributed by atoms with Crippen molar-refractivity contribution in [3.05, 3.63) is 39.5 Å². The van der Waals surface area contributed by atoms with Gasteiger partial charge < -0.3 is 16.2 Å². The Balaban J connectivity index is 1.24. The van der Waals surface area contributed by atoms with E-state index < -0.39 is 35.2 Å². The zero-order chi connectivity index (χ0) is 24.5. The quantitative estimate of drug-likeness (QED) is 0.188. The summed E-state index contributed by atoms with van der Waals surface area (Å²) in [5, 5.41) is 39.6. The summed E-state index contributed by atoms with van der Waals surface area (Å²) in [6.45, 7) is 0.177. The zero-order valence-electron chi connectivity index (χ0n) is 17.6. The van der Waals surface area contributed by atoms with Crippen molar-refractivity contribution in [2.45, 2.75) is 29.2 Å². The first kappa shape index (κ1) is 23.4. The van der Waals surface area contributed by atoms with Crippen molar-refractivity contribution in [1.82, 2.24) is 51.0 Å². The lowest BCUT2D eigenvalue weighted by Crippen LogP contribution is -2.71. The number of H-pyrrole nitrogens is 1. The van der Waals surface area contributed by atoms with Crippen molar-refractivity contribution in [2.75, 3.05) is 11.5 Å². The maximum absolute atomic E-state index is 12.8. The van der Waals surface area contributed by atoms with Crippen LogP contribution >= 0.6 is 34.9 Å². The second kappa shape index (κ2) is 9.72. The standard InChI is InChI=1S/C17H17N11O4S3/c18-10(8-2-1-3-33-8)13(29)19-11-14(30)28-12(16(31)32)7(5-34-15(11)28)6-35-17-22-26-27(23-17)4-9-20-24-25-21-9/h1-3,10-11,15H,4-6,18H2,(H,19,29)(H,31,32)(H,20,21,24,25)/t10?,11-,15+/m1/s1. The highest BCUT2D eigenvalue weighted by Crippen LogP contribution is 2.41. The molecule has 5 rings (SSSR count). The summed E-state index contributed by atoms with van der Waals surface area (Å²) in [5.41, 5.74) is 6.45. The van der Waals surface area contributed by atoms with Crippen molar-refractivity contribution in [2.24, 2.45) is 5.73 Å². The largest absolute Gasteiger partial charge is 0.477 e. The number of thioether (sulfide) groups is 2. The number of rotatable bonds is 9. The third kappa shape index (κ3) is 4.64. The van der Waals surface area contributed by atoms with Gasteiger partial charge in [-0.05, 0) is 22.2 Å². The maximum Gasteiger partial charge on any atom is 0.352 e. The molecule has 3 aromatic rings. The number of hydrogen-bond acceptors (Lipinski definition) is 13. The first-order valence-corrected chi connectivity index (χ1v) is 13.0. The minimum absolute atomic E-state index is 0.0847. The van der Waals surface area contributed by atoms with E-state index in [1.165, 1.54) is 44.6 Å². The molecule has 35 heavy (non-hydrogen) atoms. The maximum atomic E-state index is 12.8. The number of amides is 2. The van der Waals surface area contributed by atoms with E-state index in [1.54, 1.807) is 12.1 Å². The lowest BCUT2D eigenvalue weighted by Gasteiger charge is -2.49. The monoisotopic (exact) mass is 535 g/mol. The second-order valence-electron chi connectivity index (χ2n) is 7.37. The molecule has 2 amide bonds. The number of carboxylic acids is 1. The molecule has 182 valence electrons. The van der Waals surface area contributed by atoms with Gasteiger partial charge in [-0.25, -0.2) is 4.79 Å². The summed E-state index contributed by atoms with van der Waals surface area (Å²) >= 11 is 3.92. The van der Waals surface area contributed by atoms with Crippen LogP contribution in [0.3, 0.4) is 0 Å². The van der Waals surface area contributed by atoms with Crippen LogP contribution in [0.4, 0.5) is 0 Å². The van der Waals surface area contributed by atoms with Gasteiger partial charge in [0.05, 0.1) is 0 Å².